The number of hydrogen-bond acceptors (Lipinski definition) is 2. The Morgan fingerprint density at radius 3 is 2.60 bits per heavy atom. The van der Waals surface area contributed by atoms with Gasteiger partial charge in [-0.25, -0.2) is 4.39 Å². The molecule has 0 radical (unpaired) electrons. The highest BCUT2D eigenvalue weighted by molar-refractivity contribution is 9.10. The Labute approximate surface area is 127 Å². The molecule has 0 aliphatic rings. The Bertz CT molecular complexity index is 588. The van der Waals surface area contributed by atoms with Crippen LogP contribution in [0.5, 0.6) is 5.75 Å². The molecule has 0 aliphatic carbocycles. The highest BCUT2D eigenvalue weighted by Gasteiger charge is 2.13. The second-order valence-corrected chi connectivity index (χ2v) is 5.33. The number of methoxy groups -OCH3 is 1. The highest BCUT2D eigenvalue weighted by atomic mass is 79.9. The maximum Gasteiger partial charge on any atom is 0.133 e. The maximum atomic E-state index is 13.9. The molecule has 0 aromatic heterocycles. The fraction of sp³-hybridized carbons (Fsp3) is 0.250. The third-order valence-electron chi connectivity index (χ3n) is 3.18. The van der Waals surface area contributed by atoms with E-state index in [2.05, 4.69) is 21.2 Å². The van der Waals surface area contributed by atoms with E-state index in [0.29, 0.717) is 5.56 Å². The molecule has 20 heavy (non-hydrogen) atoms. The van der Waals surface area contributed by atoms with Gasteiger partial charge in [-0.3, -0.25) is 0 Å². The van der Waals surface area contributed by atoms with Crippen molar-refractivity contribution < 1.29 is 9.13 Å². The van der Waals surface area contributed by atoms with Crippen molar-refractivity contribution in [2.75, 3.05) is 12.4 Å². The predicted molar refractivity (Wildman–Crippen MR) is 83.7 cm³/mol. The first-order valence-corrected chi connectivity index (χ1v) is 7.29. The molecule has 1 N–H and O–H groups in total. The zero-order valence-corrected chi connectivity index (χ0v) is 13.1. The average Bonchev–Trinajstić information content (AvgIpc) is 2.46. The third-order valence-corrected chi connectivity index (χ3v) is 3.80. The van der Waals surface area contributed by atoms with Crippen molar-refractivity contribution in [2.24, 2.45) is 0 Å². The van der Waals surface area contributed by atoms with E-state index in [1.807, 2.05) is 37.3 Å². The van der Waals surface area contributed by atoms with Crippen LogP contribution in [0.15, 0.2) is 46.9 Å². The van der Waals surface area contributed by atoms with E-state index in [4.69, 9.17) is 4.74 Å². The van der Waals surface area contributed by atoms with Crippen LogP contribution in [0.3, 0.4) is 0 Å². The van der Waals surface area contributed by atoms with Crippen LogP contribution in [-0.2, 0) is 0 Å². The molecule has 1 unspecified atom stereocenters. The molecule has 2 aromatic rings. The van der Waals surface area contributed by atoms with Gasteiger partial charge in [0.1, 0.15) is 11.6 Å². The van der Waals surface area contributed by atoms with Gasteiger partial charge in [0.15, 0.2) is 0 Å². The van der Waals surface area contributed by atoms with E-state index in [1.54, 1.807) is 13.2 Å². The van der Waals surface area contributed by atoms with E-state index in [-0.39, 0.29) is 11.9 Å². The van der Waals surface area contributed by atoms with Crippen molar-refractivity contribution in [1.29, 1.82) is 0 Å². The van der Waals surface area contributed by atoms with Crippen LogP contribution in [0.2, 0.25) is 0 Å². The van der Waals surface area contributed by atoms with Crippen molar-refractivity contribution >= 4 is 21.6 Å². The molecule has 0 saturated carbocycles. The monoisotopic (exact) mass is 337 g/mol. The number of nitrogens with one attached hydrogen (secondary N) is 1. The molecule has 0 bridgehead atoms. The van der Waals surface area contributed by atoms with Crippen molar-refractivity contribution in [3.8, 4) is 5.75 Å². The van der Waals surface area contributed by atoms with Gasteiger partial charge in [0.05, 0.1) is 17.6 Å². The molecule has 2 nitrogen and oxygen atoms in total. The smallest absolute Gasteiger partial charge is 0.133 e. The summed E-state index contributed by atoms with van der Waals surface area (Å²) in [5.74, 6) is 0.592. The fourth-order valence-electron chi connectivity index (χ4n) is 2.11. The molecule has 1 atom stereocenters. The van der Waals surface area contributed by atoms with Crippen molar-refractivity contribution in [3.05, 3.63) is 58.3 Å². The van der Waals surface area contributed by atoms with E-state index in [1.165, 1.54) is 6.07 Å². The summed E-state index contributed by atoms with van der Waals surface area (Å²) in [6.07, 6.45) is 0.796. The van der Waals surface area contributed by atoms with Crippen LogP contribution in [0.1, 0.15) is 24.9 Å². The van der Waals surface area contributed by atoms with Gasteiger partial charge >= 0.3 is 0 Å². The number of hydrogen-bond donors (Lipinski definition) is 1. The zero-order valence-electron chi connectivity index (χ0n) is 11.5. The summed E-state index contributed by atoms with van der Waals surface area (Å²) in [6, 6.07) is 12.5. The molecular weight excluding hydrogens is 321 g/mol. The fourth-order valence-corrected chi connectivity index (χ4v) is 2.66. The molecule has 0 heterocycles. The van der Waals surface area contributed by atoms with Gasteiger partial charge in [-0.05, 0) is 46.6 Å². The van der Waals surface area contributed by atoms with Crippen LogP contribution in [-0.4, -0.2) is 7.11 Å². The second kappa shape index (κ2) is 6.75. The SMILES string of the molecule is CCC(Nc1ccc(OC)c(Br)c1)c1ccccc1F. The Morgan fingerprint density at radius 1 is 1.25 bits per heavy atom. The molecule has 2 rings (SSSR count). The summed E-state index contributed by atoms with van der Waals surface area (Å²) in [6.45, 7) is 2.03. The van der Waals surface area contributed by atoms with Gasteiger partial charge < -0.3 is 10.1 Å². The van der Waals surface area contributed by atoms with Gasteiger partial charge in [-0.15, -0.1) is 0 Å². The highest BCUT2D eigenvalue weighted by Crippen LogP contribution is 2.30. The van der Waals surface area contributed by atoms with E-state index in [9.17, 15) is 4.39 Å². The zero-order chi connectivity index (χ0) is 14.5. The quantitative estimate of drug-likeness (QED) is 0.813. The average molecular weight is 338 g/mol. The van der Waals surface area contributed by atoms with Crippen LogP contribution >= 0.6 is 15.9 Å². The molecule has 106 valence electrons. The molecule has 2 aromatic carbocycles. The van der Waals surface area contributed by atoms with Gasteiger partial charge in [0, 0.05) is 11.3 Å². The minimum Gasteiger partial charge on any atom is -0.496 e. The first-order chi connectivity index (χ1) is 9.65. The lowest BCUT2D eigenvalue weighted by molar-refractivity contribution is 0.412. The lowest BCUT2D eigenvalue weighted by Gasteiger charge is -2.20. The Balaban J connectivity index is 2.23. The van der Waals surface area contributed by atoms with Gasteiger partial charge in [-0.1, -0.05) is 25.1 Å². The number of halogens is 2. The second-order valence-electron chi connectivity index (χ2n) is 4.48. The summed E-state index contributed by atoms with van der Waals surface area (Å²) in [5, 5.41) is 3.35. The third kappa shape index (κ3) is 3.31. The standard InChI is InChI=1S/C16H17BrFNO/c1-3-15(12-6-4-5-7-14(12)18)19-11-8-9-16(20-2)13(17)10-11/h4-10,15,19H,3H2,1-2H3. The molecule has 4 heteroatoms. The first kappa shape index (κ1) is 14.9. The number of benzene rings is 2. The van der Waals surface area contributed by atoms with Gasteiger partial charge in [-0.2, -0.15) is 0 Å². The van der Waals surface area contributed by atoms with Crippen LogP contribution in [0, 0.1) is 5.82 Å². The van der Waals surface area contributed by atoms with Crippen LogP contribution in [0.4, 0.5) is 10.1 Å². The normalized spacial score (nSPS) is 12.0. The van der Waals surface area contributed by atoms with E-state index in [0.717, 1.165) is 22.3 Å². The van der Waals surface area contributed by atoms with Gasteiger partial charge in [0.25, 0.3) is 0 Å². The maximum absolute atomic E-state index is 13.9. The minimum atomic E-state index is -0.181. The molecule has 0 aliphatic heterocycles. The van der Waals surface area contributed by atoms with Crippen LogP contribution < -0.4 is 10.1 Å². The molecule has 0 amide bonds. The van der Waals surface area contributed by atoms with Crippen LogP contribution in [0.25, 0.3) is 0 Å². The summed E-state index contributed by atoms with van der Waals surface area (Å²) >= 11 is 3.45. The Kier molecular flexibility index (Phi) is 5.01. The number of rotatable bonds is 5. The Hall–Kier alpha value is -1.55. The van der Waals surface area contributed by atoms with Crippen molar-refractivity contribution in [1.82, 2.24) is 0 Å². The Morgan fingerprint density at radius 2 is 2.00 bits per heavy atom. The number of anilines is 1. The van der Waals surface area contributed by atoms with E-state index >= 15 is 0 Å². The molecule has 0 spiro atoms. The lowest BCUT2D eigenvalue weighted by atomic mass is 10.0. The molecule has 0 fully saturated rings. The van der Waals surface area contributed by atoms with Crippen molar-refractivity contribution in [3.63, 3.8) is 0 Å². The molecule has 0 saturated heterocycles. The minimum absolute atomic E-state index is 0.0588. The van der Waals surface area contributed by atoms with Gasteiger partial charge in [0.2, 0.25) is 0 Å². The van der Waals surface area contributed by atoms with E-state index < -0.39 is 0 Å². The van der Waals surface area contributed by atoms with Crippen molar-refractivity contribution in [2.45, 2.75) is 19.4 Å². The lowest BCUT2D eigenvalue weighted by Crippen LogP contribution is -2.11. The number of ether oxygens (including phenoxy) is 1. The summed E-state index contributed by atoms with van der Waals surface area (Å²) in [7, 11) is 1.63. The summed E-state index contributed by atoms with van der Waals surface area (Å²) < 4.78 is 19.9. The first-order valence-electron chi connectivity index (χ1n) is 6.50. The molecular formula is C16H17BrFNO. The summed E-state index contributed by atoms with van der Waals surface area (Å²) in [4.78, 5) is 0. The topological polar surface area (TPSA) is 21.3 Å². The largest absolute Gasteiger partial charge is 0.496 e. The predicted octanol–water partition coefficient (Wildman–Crippen LogP) is 5.16. The summed E-state index contributed by atoms with van der Waals surface area (Å²) in [5.41, 5.74) is 1.61.